The van der Waals surface area contributed by atoms with Crippen molar-refractivity contribution >= 4 is 5.91 Å². The molecule has 0 spiro atoms. The Labute approximate surface area is 113 Å². The summed E-state index contributed by atoms with van der Waals surface area (Å²) in [5.74, 6) is -0.0249. The molecule has 4 heteroatoms. The molecule has 1 fully saturated rings. The third-order valence-corrected chi connectivity index (χ3v) is 4.01. The molecule has 1 aromatic carbocycles. The van der Waals surface area contributed by atoms with Crippen LogP contribution in [0.15, 0.2) is 18.2 Å². The zero-order valence-corrected chi connectivity index (χ0v) is 11.5. The maximum Gasteiger partial charge on any atom is 0.261 e. The van der Waals surface area contributed by atoms with E-state index in [4.69, 9.17) is 0 Å². The van der Waals surface area contributed by atoms with Crippen LogP contribution in [0.1, 0.15) is 43.0 Å². The van der Waals surface area contributed by atoms with E-state index in [0.29, 0.717) is 5.92 Å². The molecule has 104 valence electrons. The van der Waals surface area contributed by atoms with E-state index in [1.54, 1.807) is 11.9 Å². The molecule has 0 aliphatic heterocycles. The number of rotatable bonds is 2. The van der Waals surface area contributed by atoms with Gasteiger partial charge in [0.05, 0.1) is 0 Å². The number of phenolic OH excluding ortho intramolecular Hbond substituents is 2. The van der Waals surface area contributed by atoms with Crippen LogP contribution in [0.3, 0.4) is 0 Å². The van der Waals surface area contributed by atoms with Gasteiger partial charge >= 0.3 is 0 Å². The molecule has 2 unspecified atom stereocenters. The van der Waals surface area contributed by atoms with Crippen LogP contribution in [0.2, 0.25) is 0 Å². The molecule has 2 atom stereocenters. The Morgan fingerprint density at radius 2 is 1.89 bits per heavy atom. The summed E-state index contributed by atoms with van der Waals surface area (Å²) >= 11 is 0. The third kappa shape index (κ3) is 2.83. The molecule has 0 aromatic heterocycles. The van der Waals surface area contributed by atoms with Crippen LogP contribution in [0.4, 0.5) is 0 Å². The number of benzene rings is 1. The molecule has 1 aromatic rings. The van der Waals surface area contributed by atoms with E-state index in [2.05, 4.69) is 6.92 Å². The first-order chi connectivity index (χ1) is 9.00. The van der Waals surface area contributed by atoms with Crippen LogP contribution in [-0.4, -0.2) is 34.1 Å². The average Bonchev–Trinajstić information content (AvgIpc) is 2.37. The van der Waals surface area contributed by atoms with Crippen LogP contribution in [0, 0.1) is 5.92 Å². The van der Waals surface area contributed by atoms with E-state index in [1.165, 1.54) is 24.6 Å². The van der Waals surface area contributed by atoms with E-state index in [1.807, 2.05) is 0 Å². The maximum atomic E-state index is 12.4. The van der Waals surface area contributed by atoms with Crippen molar-refractivity contribution in [3.05, 3.63) is 23.8 Å². The monoisotopic (exact) mass is 263 g/mol. The van der Waals surface area contributed by atoms with Crippen molar-refractivity contribution < 1.29 is 15.0 Å². The lowest BCUT2D eigenvalue weighted by Gasteiger charge is -2.34. The number of nitrogens with zero attached hydrogens (tertiary/aromatic N) is 1. The molecule has 1 aliphatic carbocycles. The second-order valence-electron chi connectivity index (χ2n) is 5.51. The van der Waals surface area contributed by atoms with E-state index >= 15 is 0 Å². The largest absolute Gasteiger partial charge is 0.507 e. The van der Waals surface area contributed by atoms with Gasteiger partial charge in [0.1, 0.15) is 17.1 Å². The first-order valence-electron chi connectivity index (χ1n) is 6.78. The van der Waals surface area contributed by atoms with Crippen LogP contribution in [-0.2, 0) is 0 Å². The third-order valence-electron chi connectivity index (χ3n) is 4.01. The van der Waals surface area contributed by atoms with Gasteiger partial charge in [0.2, 0.25) is 0 Å². The lowest BCUT2D eigenvalue weighted by Crippen LogP contribution is -2.39. The smallest absolute Gasteiger partial charge is 0.261 e. The van der Waals surface area contributed by atoms with Crippen LogP contribution < -0.4 is 0 Å². The highest BCUT2D eigenvalue weighted by atomic mass is 16.3. The number of carbonyl (C=O) groups excluding carboxylic acids is 1. The van der Waals surface area contributed by atoms with Crippen molar-refractivity contribution in [2.24, 2.45) is 5.92 Å². The second-order valence-corrected chi connectivity index (χ2v) is 5.51. The number of hydrogen-bond acceptors (Lipinski definition) is 3. The highest BCUT2D eigenvalue weighted by Gasteiger charge is 2.28. The van der Waals surface area contributed by atoms with E-state index < -0.39 is 0 Å². The quantitative estimate of drug-likeness (QED) is 0.862. The fourth-order valence-corrected chi connectivity index (χ4v) is 2.84. The molecule has 1 saturated carbocycles. The van der Waals surface area contributed by atoms with E-state index in [0.717, 1.165) is 19.3 Å². The molecule has 2 N–H and O–H groups in total. The van der Waals surface area contributed by atoms with Gasteiger partial charge in [-0.15, -0.1) is 0 Å². The van der Waals surface area contributed by atoms with Gasteiger partial charge in [-0.25, -0.2) is 0 Å². The molecule has 1 amide bonds. The van der Waals surface area contributed by atoms with Crippen molar-refractivity contribution in [1.82, 2.24) is 4.90 Å². The molecule has 0 bridgehead atoms. The Balaban J connectivity index is 2.19. The zero-order chi connectivity index (χ0) is 14.0. The molecule has 0 radical (unpaired) electrons. The van der Waals surface area contributed by atoms with Crippen LogP contribution >= 0.6 is 0 Å². The molecule has 4 nitrogen and oxygen atoms in total. The lowest BCUT2D eigenvalue weighted by molar-refractivity contribution is 0.0666. The molecular formula is C15H21NO3. The fourth-order valence-electron chi connectivity index (χ4n) is 2.84. The fraction of sp³-hybridized carbons (Fsp3) is 0.533. The second kappa shape index (κ2) is 5.51. The van der Waals surface area contributed by atoms with Gasteiger partial charge in [-0.3, -0.25) is 4.79 Å². The predicted molar refractivity (Wildman–Crippen MR) is 73.3 cm³/mol. The number of amides is 1. The van der Waals surface area contributed by atoms with Crippen molar-refractivity contribution in [2.75, 3.05) is 7.05 Å². The van der Waals surface area contributed by atoms with Crippen molar-refractivity contribution in [2.45, 2.75) is 38.6 Å². The Kier molecular flexibility index (Phi) is 3.98. The minimum atomic E-state index is -0.310. The molecule has 1 aliphatic rings. The van der Waals surface area contributed by atoms with Gasteiger partial charge in [-0.1, -0.05) is 25.8 Å². The summed E-state index contributed by atoms with van der Waals surface area (Å²) in [4.78, 5) is 14.1. The Bertz CT molecular complexity index is 452. The normalized spacial score (nSPS) is 23.1. The Morgan fingerprint density at radius 3 is 2.47 bits per heavy atom. The summed E-state index contributed by atoms with van der Waals surface area (Å²) in [7, 11) is 1.75. The van der Waals surface area contributed by atoms with Gasteiger partial charge in [0.15, 0.2) is 0 Å². The van der Waals surface area contributed by atoms with Gasteiger partial charge in [0, 0.05) is 13.1 Å². The summed E-state index contributed by atoms with van der Waals surface area (Å²) in [6, 6.07) is 4.55. The first kappa shape index (κ1) is 13.7. The molecule has 2 rings (SSSR count). The first-order valence-corrected chi connectivity index (χ1v) is 6.78. The minimum Gasteiger partial charge on any atom is -0.507 e. The topological polar surface area (TPSA) is 60.8 Å². The Hall–Kier alpha value is -1.71. The molecule has 0 saturated heterocycles. The van der Waals surface area contributed by atoms with E-state index in [-0.39, 0.29) is 29.0 Å². The van der Waals surface area contributed by atoms with Crippen molar-refractivity contribution in [3.8, 4) is 11.5 Å². The predicted octanol–water partition coefficient (Wildman–Crippen LogP) is 2.75. The number of phenols is 2. The summed E-state index contributed by atoms with van der Waals surface area (Å²) in [5, 5.41) is 19.5. The van der Waals surface area contributed by atoms with Crippen molar-refractivity contribution in [1.29, 1.82) is 0 Å². The maximum absolute atomic E-state index is 12.4. The molecular weight excluding hydrogens is 242 g/mol. The van der Waals surface area contributed by atoms with Gasteiger partial charge < -0.3 is 15.1 Å². The lowest BCUT2D eigenvalue weighted by atomic mass is 9.86. The van der Waals surface area contributed by atoms with Crippen molar-refractivity contribution in [3.63, 3.8) is 0 Å². The summed E-state index contributed by atoms with van der Waals surface area (Å²) < 4.78 is 0. The summed E-state index contributed by atoms with van der Waals surface area (Å²) in [6.45, 7) is 2.20. The van der Waals surface area contributed by atoms with Crippen LogP contribution in [0.25, 0.3) is 0 Å². The van der Waals surface area contributed by atoms with E-state index in [9.17, 15) is 15.0 Å². The highest BCUT2D eigenvalue weighted by molar-refractivity contribution is 5.99. The Morgan fingerprint density at radius 1 is 1.26 bits per heavy atom. The summed E-state index contributed by atoms with van der Waals surface area (Å²) in [6.07, 6.45) is 4.30. The minimum absolute atomic E-state index is 0.00299. The SMILES string of the molecule is CC1CCCC(N(C)C(=O)c2c(O)cccc2O)C1. The highest BCUT2D eigenvalue weighted by Crippen LogP contribution is 2.31. The standard InChI is InChI=1S/C15H21NO3/c1-10-5-3-6-11(9-10)16(2)15(19)14-12(17)7-4-8-13(14)18/h4,7-8,10-11,17-18H,3,5-6,9H2,1-2H3. The van der Waals surface area contributed by atoms with Gasteiger partial charge in [-0.05, 0) is 30.9 Å². The van der Waals surface area contributed by atoms with Gasteiger partial charge in [-0.2, -0.15) is 0 Å². The molecule has 19 heavy (non-hydrogen) atoms. The number of carbonyl (C=O) groups is 1. The summed E-state index contributed by atoms with van der Waals surface area (Å²) in [5.41, 5.74) is 0.00299. The zero-order valence-electron chi connectivity index (χ0n) is 11.5. The van der Waals surface area contributed by atoms with Crippen LogP contribution in [0.5, 0.6) is 11.5 Å². The van der Waals surface area contributed by atoms with Gasteiger partial charge in [0.25, 0.3) is 5.91 Å². The number of aromatic hydroxyl groups is 2. The average molecular weight is 263 g/mol. The number of hydrogen-bond donors (Lipinski definition) is 2. The molecule has 0 heterocycles.